The largest absolute Gasteiger partial charge is 0.496 e. The fraction of sp³-hybridized carbons (Fsp3) is 0.143. The predicted octanol–water partition coefficient (Wildman–Crippen LogP) is 3.42. The number of hydrogen-bond donors (Lipinski definition) is 0. The van der Waals surface area contributed by atoms with Crippen LogP contribution in [0.4, 0.5) is 4.39 Å². The number of nitrogens with zero attached hydrogens (tertiary/aromatic N) is 1. The second-order valence-electron chi connectivity index (χ2n) is 3.93. The van der Waals surface area contributed by atoms with Crippen LogP contribution in [0, 0.1) is 5.82 Å². The number of Topliss-reactive ketones (excluding diaryl/α,β-unsaturated/α-hetero) is 1. The van der Waals surface area contributed by atoms with Crippen molar-refractivity contribution in [2.45, 2.75) is 6.42 Å². The minimum Gasteiger partial charge on any atom is -0.496 e. The Morgan fingerprint density at radius 1 is 1.42 bits per heavy atom. The molecule has 0 spiro atoms. The summed E-state index contributed by atoms with van der Waals surface area (Å²) in [6.07, 6.45) is 3.28. The number of halogens is 2. The highest BCUT2D eigenvalue weighted by molar-refractivity contribution is 9.10. The number of ether oxygens (including phenoxy) is 1. The number of hydrogen-bond acceptors (Lipinski definition) is 3. The Labute approximate surface area is 118 Å². The van der Waals surface area contributed by atoms with Crippen molar-refractivity contribution < 1.29 is 13.9 Å². The Kier molecular flexibility index (Phi) is 4.27. The summed E-state index contributed by atoms with van der Waals surface area (Å²) < 4.78 is 19.5. The molecule has 0 N–H and O–H groups in total. The van der Waals surface area contributed by atoms with E-state index in [-0.39, 0.29) is 23.5 Å². The Bertz CT molecular complexity index is 616. The van der Waals surface area contributed by atoms with E-state index in [9.17, 15) is 9.18 Å². The standard InChI is InChI=1S/C14H11BrFNO2/c1-19-13-4-2-3-11(16)14(13)12(18)6-9-5-10(15)8-17-7-9/h2-5,7-8H,6H2,1H3. The molecule has 0 saturated heterocycles. The van der Waals surface area contributed by atoms with Gasteiger partial charge >= 0.3 is 0 Å². The molecule has 3 nitrogen and oxygen atoms in total. The highest BCUT2D eigenvalue weighted by Gasteiger charge is 2.17. The zero-order valence-electron chi connectivity index (χ0n) is 10.2. The van der Waals surface area contributed by atoms with Crippen LogP contribution in [-0.2, 0) is 6.42 Å². The first-order valence-corrected chi connectivity index (χ1v) is 6.36. The van der Waals surface area contributed by atoms with Crippen molar-refractivity contribution in [2.75, 3.05) is 7.11 Å². The Morgan fingerprint density at radius 3 is 2.89 bits per heavy atom. The maximum Gasteiger partial charge on any atom is 0.173 e. The van der Waals surface area contributed by atoms with Crippen LogP contribution in [0.1, 0.15) is 15.9 Å². The lowest BCUT2D eigenvalue weighted by molar-refractivity contribution is 0.0986. The maximum atomic E-state index is 13.7. The molecule has 19 heavy (non-hydrogen) atoms. The van der Waals surface area contributed by atoms with Crippen LogP contribution in [0.3, 0.4) is 0 Å². The van der Waals surface area contributed by atoms with Crippen LogP contribution in [0.2, 0.25) is 0 Å². The summed E-state index contributed by atoms with van der Waals surface area (Å²) in [4.78, 5) is 16.1. The lowest BCUT2D eigenvalue weighted by atomic mass is 10.0. The van der Waals surface area contributed by atoms with Gasteiger partial charge in [0.25, 0.3) is 0 Å². The second-order valence-corrected chi connectivity index (χ2v) is 4.84. The molecule has 0 aliphatic heterocycles. The Morgan fingerprint density at radius 2 is 2.21 bits per heavy atom. The molecule has 0 unspecified atom stereocenters. The molecule has 1 aromatic carbocycles. The molecule has 1 aromatic heterocycles. The van der Waals surface area contributed by atoms with Gasteiger partial charge in [-0.2, -0.15) is 0 Å². The summed E-state index contributed by atoms with van der Waals surface area (Å²) in [5.41, 5.74) is 0.689. The highest BCUT2D eigenvalue weighted by Crippen LogP contribution is 2.23. The number of carbonyl (C=O) groups is 1. The number of aromatic nitrogens is 1. The molecule has 0 amide bonds. The molecule has 0 fully saturated rings. The lowest BCUT2D eigenvalue weighted by Crippen LogP contribution is -2.08. The number of methoxy groups -OCH3 is 1. The molecule has 2 rings (SSSR count). The minimum absolute atomic E-state index is 0.0232. The topological polar surface area (TPSA) is 39.2 Å². The SMILES string of the molecule is COc1cccc(F)c1C(=O)Cc1cncc(Br)c1. The van der Waals surface area contributed by atoms with E-state index in [0.717, 1.165) is 4.47 Å². The highest BCUT2D eigenvalue weighted by atomic mass is 79.9. The van der Waals surface area contributed by atoms with Gasteiger partial charge in [0.2, 0.25) is 0 Å². The van der Waals surface area contributed by atoms with Gasteiger partial charge in [-0.15, -0.1) is 0 Å². The molecule has 0 saturated carbocycles. The zero-order valence-corrected chi connectivity index (χ0v) is 11.8. The van der Waals surface area contributed by atoms with Gasteiger partial charge < -0.3 is 4.74 Å². The predicted molar refractivity (Wildman–Crippen MR) is 72.9 cm³/mol. The molecule has 0 radical (unpaired) electrons. The van der Waals surface area contributed by atoms with Gasteiger partial charge in [0.15, 0.2) is 5.78 Å². The van der Waals surface area contributed by atoms with Crippen LogP contribution < -0.4 is 4.74 Å². The van der Waals surface area contributed by atoms with Crippen molar-refractivity contribution in [3.63, 3.8) is 0 Å². The molecule has 98 valence electrons. The van der Waals surface area contributed by atoms with Crippen molar-refractivity contribution in [3.8, 4) is 5.75 Å². The number of pyridine rings is 1. The maximum absolute atomic E-state index is 13.7. The summed E-state index contributed by atoms with van der Waals surface area (Å²) in [5, 5.41) is 0. The van der Waals surface area contributed by atoms with Crippen LogP contribution in [0.25, 0.3) is 0 Å². The summed E-state index contributed by atoms with van der Waals surface area (Å²) >= 11 is 3.28. The van der Waals surface area contributed by atoms with Crippen LogP contribution in [0.15, 0.2) is 41.1 Å². The third-order valence-electron chi connectivity index (χ3n) is 2.60. The number of rotatable bonds is 4. The van der Waals surface area contributed by atoms with E-state index in [1.165, 1.54) is 19.2 Å². The quantitative estimate of drug-likeness (QED) is 0.809. The van der Waals surface area contributed by atoms with Gasteiger partial charge in [0, 0.05) is 23.3 Å². The smallest absolute Gasteiger partial charge is 0.173 e. The summed E-state index contributed by atoms with van der Waals surface area (Å²) in [6, 6.07) is 6.09. The molecule has 0 aliphatic rings. The van der Waals surface area contributed by atoms with E-state index in [1.807, 2.05) is 0 Å². The second kappa shape index (κ2) is 5.93. The average molecular weight is 324 g/mol. The average Bonchev–Trinajstić information content (AvgIpc) is 2.38. The van der Waals surface area contributed by atoms with E-state index < -0.39 is 5.82 Å². The molecular weight excluding hydrogens is 313 g/mol. The first kappa shape index (κ1) is 13.7. The minimum atomic E-state index is -0.577. The fourth-order valence-electron chi connectivity index (χ4n) is 1.77. The lowest BCUT2D eigenvalue weighted by Gasteiger charge is -2.08. The van der Waals surface area contributed by atoms with Crippen molar-refractivity contribution in [2.24, 2.45) is 0 Å². The van der Waals surface area contributed by atoms with Crippen molar-refractivity contribution in [3.05, 3.63) is 58.1 Å². The van der Waals surface area contributed by atoms with Gasteiger partial charge in [0.1, 0.15) is 11.6 Å². The molecule has 0 aliphatic carbocycles. The van der Waals surface area contributed by atoms with Gasteiger partial charge in [-0.25, -0.2) is 4.39 Å². The third-order valence-corrected chi connectivity index (χ3v) is 3.03. The molecule has 0 atom stereocenters. The van der Waals surface area contributed by atoms with Gasteiger partial charge in [-0.1, -0.05) is 6.07 Å². The van der Waals surface area contributed by atoms with Crippen LogP contribution in [0.5, 0.6) is 5.75 Å². The normalized spacial score (nSPS) is 10.3. The molecule has 1 heterocycles. The van der Waals surface area contributed by atoms with E-state index in [4.69, 9.17) is 4.74 Å². The van der Waals surface area contributed by atoms with E-state index >= 15 is 0 Å². The first-order chi connectivity index (χ1) is 9.11. The summed E-state index contributed by atoms with van der Waals surface area (Å²) in [5.74, 6) is -0.671. The Balaban J connectivity index is 2.30. The summed E-state index contributed by atoms with van der Waals surface area (Å²) in [7, 11) is 1.41. The fourth-order valence-corrected chi connectivity index (χ4v) is 2.18. The van der Waals surface area contributed by atoms with Crippen LogP contribution >= 0.6 is 15.9 Å². The molecule has 0 bridgehead atoms. The third kappa shape index (κ3) is 3.17. The van der Waals surface area contributed by atoms with E-state index in [1.54, 1.807) is 24.5 Å². The number of benzene rings is 1. The Hall–Kier alpha value is -1.75. The van der Waals surface area contributed by atoms with Crippen molar-refractivity contribution in [1.29, 1.82) is 0 Å². The van der Waals surface area contributed by atoms with Crippen molar-refractivity contribution in [1.82, 2.24) is 4.98 Å². The van der Waals surface area contributed by atoms with Gasteiger partial charge in [-0.3, -0.25) is 9.78 Å². The number of carbonyl (C=O) groups excluding carboxylic acids is 1. The van der Waals surface area contributed by atoms with E-state index in [2.05, 4.69) is 20.9 Å². The van der Waals surface area contributed by atoms with Gasteiger partial charge in [-0.05, 0) is 39.7 Å². The summed E-state index contributed by atoms with van der Waals surface area (Å²) in [6.45, 7) is 0. The van der Waals surface area contributed by atoms with Crippen molar-refractivity contribution >= 4 is 21.7 Å². The monoisotopic (exact) mass is 323 g/mol. The molecule has 5 heteroatoms. The zero-order chi connectivity index (χ0) is 13.8. The molecule has 2 aromatic rings. The van der Waals surface area contributed by atoms with Gasteiger partial charge in [0.05, 0.1) is 12.7 Å². The van der Waals surface area contributed by atoms with E-state index in [0.29, 0.717) is 5.56 Å². The molecular formula is C14H11BrFNO2. The van der Waals surface area contributed by atoms with Crippen LogP contribution in [-0.4, -0.2) is 17.9 Å². The number of ketones is 1. The first-order valence-electron chi connectivity index (χ1n) is 5.57.